The molecular formula is C33H35N7O2S. The van der Waals surface area contributed by atoms with E-state index in [1.54, 1.807) is 17.0 Å². The number of carbonyl (C=O) groups is 1. The van der Waals surface area contributed by atoms with E-state index in [0.717, 1.165) is 27.9 Å². The second-order valence-electron chi connectivity index (χ2n) is 11.0. The molecule has 0 aliphatic carbocycles. The van der Waals surface area contributed by atoms with E-state index in [1.165, 1.54) is 33.6 Å². The van der Waals surface area contributed by atoms with E-state index < -0.39 is 6.04 Å². The quantitative estimate of drug-likeness (QED) is 0.178. The molecule has 3 aromatic heterocycles. The van der Waals surface area contributed by atoms with Crippen LogP contribution in [-0.4, -0.2) is 32.0 Å². The number of hydrogen-bond acceptors (Lipinski definition) is 8. The summed E-state index contributed by atoms with van der Waals surface area (Å²) in [4.78, 5) is 42.0. The van der Waals surface area contributed by atoms with Gasteiger partial charge in [0.15, 0.2) is 0 Å². The summed E-state index contributed by atoms with van der Waals surface area (Å²) in [6.45, 7) is 5.87. The van der Waals surface area contributed by atoms with Gasteiger partial charge in [0.05, 0.1) is 12.7 Å². The zero-order chi connectivity index (χ0) is 29.8. The third-order valence-electron chi connectivity index (χ3n) is 7.91. The second kappa shape index (κ2) is 12.7. The maximum absolute atomic E-state index is 13.3. The Balaban J connectivity index is 1.05. The van der Waals surface area contributed by atoms with Crippen molar-refractivity contribution in [3.8, 4) is 0 Å². The summed E-state index contributed by atoms with van der Waals surface area (Å²) in [6.07, 6.45) is 6.36. The van der Waals surface area contributed by atoms with Gasteiger partial charge >= 0.3 is 0 Å². The van der Waals surface area contributed by atoms with Gasteiger partial charge in [-0.15, -0.1) is 11.3 Å². The molecule has 10 heteroatoms. The molecule has 1 aliphatic heterocycles. The van der Waals surface area contributed by atoms with Crippen molar-refractivity contribution in [1.82, 2.24) is 24.8 Å². The number of hydrogen-bond donors (Lipinski definition) is 3. The van der Waals surface area contributed by atoms with Gasteiger partial charge < -0.3 is 16.0 Å². The smallest absolute Gasteiger partial charge is 0.277 e. The highest BCUT2D eigenvalue weighted by atomic mass is 32.1. The summed E-state index contributed by atoms with van der Waals surface area (Å²) in [5.74, 6) is 1.04. The third kappa shape index (κ3) is 6.59. The van der Waals surface area contributed by atoms with Crippen LogP contribution in [0.5, 0.6) is 0 Å². The van der Waals surface area contributed by atoms with Crippen molar-refractivity contribution in [2.75, 3.05) is 17.2 Å². The molecule has 1 amide bonds. The van der Waals surface area contributed by atoms with E-state index in [9.17, 15) is 9.59 Å². The van der Waals surface area contributed by atoms with Gasteiger partial charge in [-0.3, -0.25) is 14.2 Å². The summed E-state index contributed by atoms with van der Waals surface area (Å²) in [5, 5.41) is 10.5. The zero-order valence-corrected chi connectivity index (χ0v) is 25.2. The van der Waals surface area contributed by atoms with Gasteiger partial charge in [-0.2, -0.15) is 0 Å². The first kappa shape index (κ1) is 28.5. The molecule has 0 fully saturated rings. The van der Waals surface area contributed by atoms with Crippen LogP contribution in [-0.2, 0) is 30.7 Å². The zero-order valence-electron chi connectivity index (χ0n) is 24.4. The lowest BCUT2D eigenvalue weighted by atomic mass is 10.1. The summed E-state index contributed by atoms with van der Waals surface area (Å²) < 4.78 is 1.55. The number of thiophene rings is 1. The van der Waals surface area contributed by atoms with Gasteiger partial charge in [0.1, 0.15) is 22.4 Å². The van der Waals surface area contributed by atoms with Crippen LogP contribution in [0, 0.1) is 13.8 Å². The highest BCUT2D eigenvalue weighted by Gasteiger charge is 2.31. The number of aryl methyl sites for hydroxylation is 4. The number of aromatic nitrogens is 4. The molecule has 220 valence electrons. The predicted octanol–water partition coefficient (Wildman–Crippen LogP) is 5.33. The number of nitrogens with one attached hydrogen (secondary N) is 3. The average molecular weight is 594 g/mol. The fourth-order valence-corrected chi connectivity index (χ4v) is 6.32. The number of rotatable bonds is 11. The number of amides is 1. The molecule has 3 N–H and O–H groups in total. The van der Waals surface area contributed by atoms with Crippen LogP contribution in [0.15, 0.2) is 71.8 Å². The van der Waals surface area contributed by atoms with E-state index in [1.807, 2.05) is 24.3 Å². The topological polar surface area (TPSA) is 114 Å². The Morgan fingerprint density at radius 3 is 2.67 bits per heavy atom. The van der Waals surface area contributed by atoms with Crippen LogP contribution < -0.4 is 21.5 Å². The lowest BCUT2D eigenvalue weighted by Crippen LogP contribution is -2.36. The third-order valence-corrected chi connectivity index (χ3v) is 8.95. The minimum Gasteiger partial charge on any atom is -0.379 e. The molecule has 0 radical (unpaired) electrons. The molecule has 1 aliphatic rings. The largest absolute Gasteiger partial charge is 0.379 e. The number of benzene rings is 2. The van der Waals surface area contributed by atoms with Crippen molar-refractivity contribution in [2.24, 2.45) is 0 Å². The Labute approximate surface area is 254 Å². The van der Waals surface area contributed by atoms with Crippen LogP contribution in [0.3, 0.4) is 0 Å². The van der Waals surface area contributed by atoms with Crippen molar-refractivity contribution in [3.05, 3.63) is 110 Å². The Morgan fingerprint density at radius 1 is 0.977 bits per heavy atom. The minimum atomic E-state index is -0.573. The first-order valence-electron chi connectivity index (χ1n) is 14.7. The lowest BCUT2D eigenvalue weighted by molar-refractivity contribution is -0.124. The Morgan fingerprint density at radius 2 is 1.84 bits per heavy atom. The Bertz CT molecular complexity index is 1820. The van der Waals surface area contributed by atoms with E-state index >= 15 is 0 Å². The molecule has 0 saturated heterocycles. The van der Waals surface area contributed by atoms with Crippen LogP contribution in [0.1, 0.15) is 51.8 Å². The number of fused-ring (bicyclic) bond motifs is 2. The monoisotopic (exact) mass is 593 g/mol. The van der Waals surface area contributed by atoms with Gasteiger partial charge in [-0.1, -0.05) is 48.5 Å². The first-order valence-corrected chi connectivity index (χ1v) is 15.5. The molecule has 0 unspecified atom stereocenters. The molecule has 9 nitrogen and oxygen atoms in total. The molecule has 1 atom stereocenters. The van der Waals surface area contributed by atoms with Crippen molar-refractivity contribution in [1.29, 1.82) is 0 Å². The van der Waals surface area contributed by atoms with Crippen molar-refractivity contribution < 1.29 is 4.79 Å². The molecule has 43 heavy (non-hydrogen) atoms. The molecule has 5 aromatic rings. The van der Waals surface area contributed by atoms with Crippen LogP contribution in [0.4, 0.5) is 11.6 Å². The summed E-state index contributed by atoms with van der Waals surface area (Å²) >= 11 is 1.53. The van der Waals surface area contributed by atoms with Crippen LogP contribution in [0.2, 0.25) is 0 Å². The second-order valence-corrected chi connectivity index (χ2v) is 12.1. The fourth-order valence-electron chi connectivity index (χ4n) is 5.38. The maximum atomic E-state index is 13.3. The van der Waals surface area contributed by atoms with Crippen LogP contribution >= 0.6 is 11.3 Å². The maximum Gasteiger partial charge on any atom is 0.277 e. The fraction of sp³-hybridized carbons (Fsp3) is 0.303. The molecule has 0 saturated carbocycles. The van der Waals surface area contributed by atoms with Gasteiger partial charge in [-0.25, -0.2) is 15.0 Å². The predicted molar refractivity (Wildman–Crippen MR) is 172 cm³/mol. The summed E-state index contributed by atoms with van der Waals surface area (Å²) in [6, 6.07) is 18.1. The Kier molecular flexibility index (Phi) is 8.46. The van der Waals surface area contributed by atoms with Gasteiger partial charge in [0, 0.05) is 36.0 Å². The van der Waals surface area contributed by atoms with E-state index in [2.05, 4.69) is 75.1 Å². The van der Waals surface area contributed by atoms with Gasteiger partial charge in [0.25, 0.3) is 5.56 Å². The van der Waals surface area contributed by atoms with Crippen molar-refractivity contribution in [2.45, 2.75) is 58.7 Å². The molecule has 2 aromatic carbocycles. The normalized spacial score (nSPS) is 14.0. The van der Waals surface area contributed by atoms with Crippen molar-refractivity contribution >= 4 is 39.1 Å². The summed E-state index contributed by atoms with van der Waals surface area (Å²) in [5.41, 5.74) is 5.21. The van der Waals surface area contributed by atoms with Crippen LogP contribution in [0.25, 0.3) is 10.2 Å². The Hall–Kier alpha value is -4.57. The molecule has 0 spiro atoms. The van der Waals surface area contributed by atoms with Gasteiger partial charge in [-0.05, 0) is 61.4 Å². The van der Waals surface area contributed by atoms with Crippen molar-refractivity contribution in [3.63, 3.8) is 0 Å². The van der Waals surface area contributed by atoms with E-state index in [4.69, 9.17) is 0 Å². The SMILES string of the molecule is Cc1ccc(CNc2ncc3cc(CNC(=O)[C@@H]4CCc5ncc(NCCCc6ccccc6)c(=O)n54)sc3n2)cc1C. The molecule has 6 rings (SSSR count). The van der Waals surface area contributed by atoms with E-state index in [0.29, 0.717) is 49.9 Å². The number of anilines is 2. The van der Waals surface area contributed by atoms with E-state index in [-0.39, 0.29) is 11.5 Å². The lowest BCUT2D eigenvalue weighted by Gasteiger charge is -2.15. The average Bonchev–Trinajstić information content (AvgIpc) is 3.64. The highest BCUT2D eigenvalue weighted by molar-refractivity contribution is 7.18. The molecule has 4 heterocycles. The molecular weight excluding hydrogens is 558 g/mol. The minimum absolute atomic E-state index is 0.178. The number of nitrogens with zero attached hydrogens (tertiary/aromatic N) is 4. The number of carbonyl (C=O) groups excluding carboxylic acids is 1. The highest BCUT2D eigenvalue weighted by Crippen LogP contribution is 2.26. The molecule has 0 bridgehead atoms. The first-order chi connectivity index (χ1) is 20.9. The standard InChI is InChI=1S/C33H35N7O2S/c1-21-10-11-24(15-22(21)2)17-37-33-38-18-25-16-26(43-31(25)39-33)19-36-30(41)28-12-13-29-35-20-27(32(42)40(28)29)34-14-6-9-23-7-4-3-5-8-23/h3-5,7-8,10-11,15-16,18,20,28,34H,6,9,12-14,17,19H2,1-2H3,(H,36,41)(H,37,38,39)/t28-/m0/s1. The summed E-state index contributed by atoms with van der Waals surface area (Å²) in [7, 11) is 0. The van der Waals surface area contributed by atoms with Gasteiger partial charge in [0.2, 0.25) is 11.9 Å².